The normalized spacial score (nSPS) is 18.4. The molecular weight excluding hydrogens is 371 g/mol. The number of ether oxygens (including phenoxy) is 1. The molecule has 1 aromatic heterocycles. The van der Waals surface area contributed by atoms with Crippen molar-refractivity contribution in [2.75, 3.05) is 32.8 Å². The van der Waals surface area contributed by atoms with E-state index < -0.39 is 17.8 Å². The predicted octanol–water partition coefficient (Wildman–Crippen LogP) is 2.94. The Morgan fingerprint density at radius 2 is 2.25 bits per heavy atom. The third kappa shape index (κ3) is 5.25. The molecule has 28 heavy (non-hydrogen) atoms. The maximum absolute atomic E-state index is 13.0. The second-order valence-electron chi connectivity index (χ2n) is 6.46. The van der Waals surface area contributed by atoms with Crippen LogP contribution in [0.4, 0.5) is 13.2 Å². The van der Waals surface area contributed by atoms with Crippen molar-refractivity contribution in [3.63, 3.8) is 0 Å². The molecule has 3 rings (SSSR count). The summed E-state index contributed by atoms with van der Waals surface area (Å²) in [5, 5.41) is 3.26. The summed E-state index contributed by atoms with van der Waals surface area (Å²) in [6, 6.07) is 5.33. The first-order valence-electron chi connectivity index (χ1n) is 9.25. The zero-order valence-corrected chi connectivity index (χ0v) is 15.7. The molecule has 1 atom stereocenters. The van der Waals surface area contributed by atoms with Gasteiger partial charge in [0.15, 0.2) is 5.96 Å². The zero-order valence-electron chi connectivity index (χ0n) is 15.7. The molecule has 1 aliphatic heterocycles. The molecule has 0 saturated carbocycles. The SMILES string of the molecule is CCNC(=NCCn1ccnc1)N1CCOC(c2cccc(C(F)(F)F)c2)C1. The molecule has 1 N–H and O–H groups in total. The molecule has 6 nitrogen and oxygen atoms in total. The monoisotopic (exact) mass is 395 g/mol. The minimum atomic E-state index is -4.37. The van der Waals surface area contributed by atoms with Crippen LogP contribution in [-0.2, 0) is 17.5 Å². The van der Waals surface area contributed by atoms with Gasteiger partial charge in [-0.15, -0.1) is 0 Å². The second-order valence-corrected chi connectivity index (χ2v) is 6.46. The summed E-state index contributed by atoms with van der Waals surface area (Å²) in [5.41, 5.74) is -0.139. The molecule has 152 valence electrons. The van der Waals surface area contributed by atoms with E-state index in [0.29, 0.717) is 44.9 Å². The summed E-state index contributed by atoms with van der Waals surface area (Å²) in [7, 11) is 0. The summed E-state index contributed by atoms with van der Waals surface area (Å²) in [4.78, 5) is 10.7. The Hall–Kier alpha value is -2.55. The molecule has 0 bridgehead atoms. The molecule has 2 heterocycles. The highest BCUT2D eigenvalue weighted by atomic mass is 19.4. The number of benzene rings is 1. The van der Waals surface area contributed by atoms with Gasteiger partial charge in [-0.25, -0.2) is 4.98 Å². The number of hydrogen-bond donors (Lipinski definition) is 1. The lowest BCUT2D eigenvalue weighted by molar-refractivity contribution is -0.137. The lowest BCUT2D eigenvalue weighted by Crippen LogP contribution is -2.48. The minimum Gasteiger partial charge on any atom is -0.370 e. The van der Waals surface area contributed by atoms with Gasteiger partial charge in [0.05, 0.1) is 31.6 Å². The van der Waals surface area contributed by atoms with E-state index in [0.717, 1.165) is 18.1 Å². The van der Waals surface area contributed by atoms with Crippen molar-refractivity contribution >= 4 is 5.96 Å². The molecule has 1 unspecified atom stereocenters. The number of rotatable bonds is 5. The minimum absolute atomic E-state index is 0.423. The highest BCUT2D eigenvalue weighted by Crippen LogP contribution is 2.32. The molecule has 1 saturated heterocycles. The zero-order chi connectivity index (χ0) is 20.0. The van der Waals surface area contributed by atoms with Crippen LogP contribution in [0, 0.1) is 0 Å². The van der Waals surface area contributed by atoms with E-state index in [4.69, 9.17) is 4.74 Å². The molecule has 1 aromatic carbocycles. The Bertz CT molecular complexity index is 776. The van der Waals surface area contributed by atoms with Gasteiger partial charge in [-0.1, -0.05) is 12.1 Å². The van der Waals surface area contributed by atoms with Crippen LogP contribution >= 0.6 is 0 Å². The van der Waals surface area contributed by atoms with Gasteiger partial charge < -0.3 is 19.5 Å². The molecule has 2 aromatic rings. The van der Waals surface area contributed by atoms with E-state index in [-0.39, 0.29) is 0 Å². The van der Waals surface area contributed by atoms with Gasteiger partial charge >= 0.3 is 6.18 Å². The smallest absolute Gasteiger partial charge is 0.370 e. The number of imidazole rings is 1. The quantitative estimate of drug-likeness (QED) is 0.625. The highest BCUT2D eigenvalue weighted by molar-refractivity contribution is 5.80. The van der Waals surface area contributed by atoms with Crippen LogP contribution in [0.3, 0.4) is 0 Å². The standard InChI is InChI=1S/C19H24F3N5O/c1-2-24-18(25-7-9-26-8-6-23-14-26)27-10-11-28-17(13-27)15-4-3-5-16(12-15)19(20,21)22/h3-6,8,12,14,17H,2,7,9-11,13H2,1H3,(H,24,25). The van der Waals surface area contributed by atoms with Crippen molar-refractivity contribution in [1.82, 2.24) is 19.8 Å². The maximum Gasteiger partial charge on any atom is 0.416 e. The first-order valence-corrected chi connectivity index (χ1v) is 9.25. The summed E-state index contributed by atoms with van der Waals surface area (Å²) in [5.74, 6) is 0.739. The first kappa shape index (κ1) is 20.2. The van der Waals surface area contributed by atoms with E-state index in [9.17, 15) is 13.2 Å². The van der Waals surface area contributed by atoms with E-state index >= 15 is 0 Å². The van der Waals surface area contributed by atoms with Crippen LogP contribution in [0.25, 0.3) is 0 Å². The summed E-state index contributed by atoms with van der Waals surface area (Å²) in [6.45, 7) is 5.46. The fourth-order valence-electron chi connectivity index (χ4n) is 3.07. The number of guanidine groups is 1. The maximum atomic E-state index is 13.0. The van der Waals surface area contributed by atoms with Crippen LogP contribution in [0.2, 0.25) is 0 Å². The number of aromatic nitrogens is 2. The van der Waals surface area contributed by atoms with E-state index in [2.05, 4.69) is 15.3 Å². The number of alkyl halides is 3. The second kappa shape index (κ2) is 9.09. The van der Waals surface area contributed by atoms with Crippen LogP contribution in [0.5, 0.6) is 0 Å². The molecule has 9 heteroatoms. The average molecular weight is 395 g/mol. The van der Waals surface area contributed by atoms with Crippen LogP contribution in [-0.4, -0.2) is 53.2 Å². The van der Waals surface area contributed by atoms with Gasteiger partial charge in [-0.3, -0.25) is 4.99 Å². The van der Waals surface area contributed by atoms with Gasteiger partial charge in [0.1, 0.15) is 6.10 Å². The van der Waals surface area contributed by atoms with Crippen molar-refractivity contribution in [2.45, 2.75) is 25.7 Å². The molecule has 0 amide bonds. The summed E-state index contributed by atoms with van der Waals surface area (Å²) in [6.07, 6.45) is 0.528. The molecule has 1 aliphatic rings. The van der Waals surface area contributed by atoms with Crippen molar-refractivity contribution in [3.8, 4) is 0 Å². The Kier molecular flexibility index (Phi) is 6.56. The Morgan fingerprint density at radius 3 is 2.96 bits per heavy atom. The van der Waals surface area contributed by atoms with Crippen molar-refractivity contribution in [1.29, 1.82) is 0 Å². The molecule has 1 fully saturated rings. The van der Waals surface area contributed by atoms with E-state index in [1.165, 1.54) is 6.07 Å². The Labute approximate surface area is 162 Å². The molecule has 0 radical (unpaired) electrons. The number of nitrogens with zero attached hydrogens (tertiary/aromatic N) is 4. The average Bonchev–Trinajstić information content (AvgIpc) is 3.20. The number of aliphatic imine (C=N–C) groups is 1. The topological polar surface area (TPSA) is 54.7 Å². The van der Waals surface area contributed by atoms with Gasteiger partial charge in [0, 0.05) is 32.0 Å². The first-order chi connectivity index (χ1) is 13.5. The lowest BCUT2D eigenvalue weighted by Gasteiger charge is -2.35. The number of morpholine rings is 1. The van der Waals surface area contributed by atoms with Crippen molar-refractivity contribution in [3.05, 3.63) is 54.1 Å². The van der Waals surface area contributed by atoms with E-state index in [1.807, 2.05) is 22.6 Å². The van der Waals surface area contributed by atoms with Crippen molar-refractivity contribution in [2.24, 2.45) is 4.99 Å². The molecule has 0 spiro atoms. The molecular formula is C19H24F3N5O. The molecule has 0 aliphatic carbocycles. The van der Waals surface area contributed by atoms with Crippen LogP contribution in [0.1, 0.15) is 24.2 Å². The Balaban J connectivity index is 1.69. The number of nitrogens with one attached hydrogen (secondary N) is 1. The van der Waals surface area contributed by atoms with Crippen molar-refractivity contribution < 1.29 is 17.9 Å². The third-order valence-electron chi connectivity index (χ3n) is 4.47. The number of halogens is 3. The lowest BCUT2D eigenvalue weighted by atomic mass is 10.0. The van der Waals surface area contributed by atoms with Gasteiger partial charge in [-0.05, 0) is 24.6 Å². The fourth-order valence-corrected chi connectivity index (χ4v) is 3.07. The van der Waals surface area contributed by atoms with Crippen LogP contribution in [0.15, 0.2) is 48.0 Å². The summed E-state index contributed by atoms with van der Waals surface area (Å²) >= 11 is 0. The van der Waals surface area contributed by atoms with Gasteiger partial charge in [0.25, 0.3) is 0 Å². The highest BCUT2D eigenvalue weighted by Gasteiger charge is 2.32. The summed E-state index contributed by atoms with van der Waals surface area (Å²) < 4.78 is 46.7. The van der Waals surface area contributed by atoms with E-state index in [1.54, 1.807) is 18.6 Å². The van der Waals surface area contributed by atoms with Gasteiger partial charge in [-0.2, -0.15) is 13.2 Å². The number of hydrogen-bond acceptors (Lipinski definition) is 3. The predicted molar refractivity (Wildman–Crippen MR) is 99.9 cm³/mol. The van der Waals surface area contributed by atoms with Gasteiger partial charge in [0.2, 0.25) is 0 Å². The Morgan fingerprint density at radius 1 is 1.39 bits per heavy atom. The largest absolute Gasteiger partial charge is 0.416 e. The third-order valence-corrected chi connectivity index (χ3v) is 4.47. The van der Waals surface area contributed by atoms with Crippen LogP contribution < -0.4 is 5.32 Å². The fraction of sp³-hybridized carbons (Fsp3) is 0.474.